The molecule has 2 rings (SSSR count). The molecule has 3 nitrogen and oxygen atoms in total. The predicted molar refractivity (Wildman–Crippen MR) is 74.9 cm³/mol. The molecule has 1 aliphatic heterocycles. The van der Waals surface area contributed by atoms with E-state index in [9.17, 15) is 4.79 Å². The summed E-state index contributed by atoms with van der Waals surface area (Å²) in [7, 11) is 0. The van der Waals surface area contributed by atoms with Gasteiger partial charge < -0.3 is 4.90 Å². The van der Waals surface area contributed by atoms with E-state index in [1.54, 1.807) is 18.3 Å². The molecule has 0 spiro atoms. The largest absolute Gasteiger partial charge is 0.342 e. The number of carbonyl (C=O) groups is 1. The predicted octanol–water partition coefficient (Wildman–Crippen LogP) is 2.99. The molecular formula is C14H20N2OS. The molecule has 0 N–H and O–H groups in total. The normalized spacial score (nSPS) is 19.8. The second-order valence-electron chi connectivity index (χ2n) is 4.81. The molecule has 1 atom stereocenters. The van der Waals surface area contributed by atoms with E-state index in [0.29, 0.717) is 5.92 Å². The molecule has 98 valence electrons. The van der Waals surface area contributed by atoms with Gasteiger partial charge in [0.25, 0.3) is 0 Å². The molecule has 0 radical (unpaired) electrons. The molecule has 1 fully saturated rings. The third-order valence-electron chi connectivity index (χ3n) is 3.39. The summed E-state index contributed by atoms with van der Waals surface area (Å²) in [5.41, 5.74) is 1.16. The molecule has 1 saturated heterocycles. The molecular weight excluding hydrogens is 244 g/mol. The second-order valence-corrected chi connectivity index (χ2v) is 5.70. The Labute approximate surface area is 113 Å². The van der Waals surface area contributed by atoms with Gasteiger partial charge in [-0.3, -0.25) is 4.79 Å². The van der Waals surface area contributed by atoms with Gasteiger partial charge in [-0.15, -0.1) is 17.9 Å². The maximum atomic E-state index is 11.4. The summed E-state index contributed by atoms with van der Waals surface area (Å²) >= 11 is 1.74. The first-order valence-electron chi connectivity index (χ1n) is 6.51. The van der Waals surface area contributed by atoms with Crippen molar-refractivity contribution in [2.75, 3.05) is 13.1 Å². The SMILES string of the molecule is C=CCCc1csc([C@@H]2CCCN(C(C)=O)C2)n1. The molecule has 0 unspecified atom stereocenters. The lowest BCUT2D eigenvalue weighted by molar-refractivity contribution is -0.130. The first-order chi connectivity index (χ1) is 8.70. The first kappa shape index (κ1) is 13.3. The van der Waals surface area contributed by atoms with Crippen LogP contribution in [-0.4, -0.2) is 28.9 Å². The Balaban J connectivity index is 1.99. The van der Waals surface area contributed by atoms with E-state index >= 15 is 0 Å². The lowest BCUT2D eigenvalue weighted by Gasteiger charge is -2.30. The van der Waals surface area contributed by atoms with Crippen LogP contribution in [0.4, 0.5) is 0 Å². The number of carbonyl (C=O) groups excluding carboxylic acids is 1. The molecule has 0 aromatic carbocycles. The lowest BCUT2D eigenvalue weighted by atomic mass is 9.99. The minimum Gasteiger partial charge on any atom is -0.342 e. The van der Waals surface area contributed by atoms with Gasteiger partial charge >= 0.3 is 0 Å². The third-order valence-corrected chi connectivity index (χ3v) is 4.45. The van der Waals surface area contributed by atoms with E-state index in [4.69, 9.17) is 4.98 Å². The fourth-order valence-electron chi connectivity index (χ4n) is 2.34. The number of amides is 1. The van der Waals surface area contributed by atoms with Gasteiger partial charge in [-0.05, 0) is 25.7 Å². The average Bonchev–Trinajstić information content (AvgIpc) is 2.85. The van der Waals surface area contributed by atoms with E-state index in [-0.39, 0.29) is 5.91 Å². The first-order valence-corrected chi connectivity index (χ1v) is 7.39. The number of hydrogen-bond donors (Lipinski definition) is 0. The fourth-order valence-corrected chi connectivity index (χ4v) is 3.32. The lowest BCUT2D eigenvalue weighted by Crippen LogP contribution is -2.37. The standard InChI is InChI=1S/C14H20N2OS/c1-3-4-7-13-10-18-14(15-13)12-6-5-8-16(9-12)11(2)17/h3,10,12H,1,4-9H2,2H3/t12-/m1/s1. The van der Waals surface area contributed by atoms with Crippen LogP contribution in [0.2, 0.25) is 0 Å². The molecule has 4 heteroatoms. The maximum absolute atomic E-state index is 11.4. The quantitative estimate of drug-likeness (QED) is 0.783. The van der Waals surface area contributed by atoms with Gasteiger partial charge in [0.1, 0.15) is 0 Å². The van der Waals surface area contributed by atoms with Crippen LogP contribution in [0.15, 0.2) is 18.0 Å². The van der Waals surface area contributed by atoms with Crippen molar-refractivity contribution in [3.63, 3.8) is 0 Å². The molecule has 1 aromatic rings. The van der Waals surface area contributed by atoms with E-state index in [0.717, 1.165) is 44.5 Å². The zero-order valence-corrected chi connectivity index (χ0v) is 11.7. The smallest absolute Gasteiger partial charge is 0.219 e. The molecule has 0 bridgehead atoms. The van der Waals surface area contributed by atoms with Gasteiger partial charge in [0.2, 0.25) is 5.91 Å². The molecule has 0 aliphatic carbocycles. The Morgan fingerprint density at radius 3 is 3.28 bits per heavy atom. The van der Waals surface area contributed by atoms with Crippen molar-refractivity contribution in [2.45, 2.75) is 38.5 Å². The van der Waals surface area contributed by atoms with Crippen molar-refractivity contribution in [3.05, 3.63) is 28.7 Å². The van der Waals surface area contributed by atoms with Crippen LogP contribution in [0, 0.1) is 0 Å². The number of hydrogen-bond acceptors (Lipinski definition) is 3. The van der Waals surface area contributed by atoms with Crippen molar-refractivity contribution >= 4 is 17.2 Å². The van der Waals surface area contributed by atoms with E-state index in [1.165, 1.54) is 5.01 Å². The summed E-state index contributed by atoms with van der Waals surface area (Å²) in [5.74, 6) is 0.619. The zero-order valence-electron chi connectivity index (χ0n) is 10.9. The molecule has 2 heterocycles. The molecule has 18 heavy (non-hydrogen) atoms. The van der Waals surface area contributed by atoms with Gasteiger partial charge in [0.15, 0.2) is 0 Å². The van der Waals surface area contributed by atoms with Crippen LogP contribution in [0.1, 0.15) is 42.8 Å². The molecule has 1 aliphatic rings. The number of nitrogens with zero attached hydrogens (tertiary/aromatic N) is 2. The Hall–Kier alpha value is -1.16. The van der Waals surface area contributed by atoms with Gasteiger partial charge in [-0.25, -0.2) is 4.98 Å². The van der Waals surface area contributed by atoms with Gasteiger partial charge in [-0.1, -0.05) is 6.08 Å². The highest BCUT2D eigenvalue weighted by Crippen LogP contribution is 2.29. The Morgan fingerprint density at radius 1 is 1.72 bits per heavy atom. The third kappa shape index (κ3) is 3.19. The van der Waals surface area contributed by atoms with Crippen molar-refractivity contribution in [3.8, 4) is 0 Å². The summed E-state index contributed by atoms with van der Waals surface area (Å²) in [6.07, 6.45) is 6.12. The molecule has 1 aromatic heterocycles. The minimum atomic E-state index is 0.183. The van der Waals surface area contributed by atoms with Crippen molar-refractivity contribution in [2.24, 2.45) is 0 Å². The van der Waals surface area contributed by atoms with Crippen LogP contribution >= 0.6 is 11.3 Å². The Bertz CT molecular complexity index is 427. The number of thiazole rings is 1. The maximum Gasteiger partial charge on any atom is 0.219 e. The topological polar surface area (TPSA) is 33.2 Å². The van der Waals surface area contributed by atoms with Crippen LogP contribution in [0.5, 0.6) is 0 Å². The Morgan fingerprint density at radius 2 is 2.56 bits per heavy atom. The number of likely N-dealkylation sites (tertiary alicyclic amines) is 1. The minimum absolute atomic E-state index is 0.183. The van der Waals surface area contributed by atoms with E-state index < -0.39 is 0 Å². The molecule has 0 saturated carbocycles. The number of allylic oxidation sites excluding steroid dienone is 1. The summed E-state index contributed by atoms with van der Waals surface area (Å²) < 4.78 is 0. The number of aromatic nitrogens is 1. The summed E-state index contributed by atoms with van der Waals surface area (Å²) in [6.45, 7) is 7.13. The van der Waals surface area contributed by atoms with Crippen LogP contribution < -0.4 is 0 Å². The summed E-state index contributed by atoms with van der Waals surface area (Å²) in [5, 5.41) is 3.34. The highest BCUT2D eigenvalue weighted by molar-refractivity contribution is 7.09. The van der Waals surface area contributed by atoms with Crippen LogP contribution in [-0.2, 0) is 11.2 Å². The van der Waals surface area contributed by atoms with Gasteiger partial charge in [0, 0.05) is 31.3 Å². The molecule has 1 amide bonds. The second kappa shape index (κ2) is 6.14. The summed E-state index contributed by atoms with van der Waals surface area (Å²) in [6, 6.07) is 0. The average molecular weight is 264 g/mol. The van der Waals surface area contributed by atoms with Gasteiger partial charge in [0.05, 0.1) is 10.7 Å². The highest BCUT2D eigenvalue weighted by atomic mass is 32.1. The Kier molecular flexibility index (Phi) is 4.53. The fraction of sp³-hybridized carbons (Fsp3) is 0.571. The van der Waals surface area contributed by atoms with Crippen LogP contribution in [0.3, 0.4) is 0 Å². The van der Waals surface area contributed by atoms with Crippen molar-refractivity contribution in [1.82, 2.24) is 9.88 Å². The van der Waals surface area contributed by atoms with E-state index in [1.807, 2.05) is 11.0 Å². The monoisotopic (exact) mass is 264 g/mol. The number of aryl methyl sites for hydroxylation is 1. The number of piperidine rings is 1. The zero-order chi connectivity index (χ0) is 13.0. The van der Waals surface area contributed by atoms with Gasteiger partial charge in [-0.2, -0.15) is 0 Å². The summed E-state index contributed by atoms with van der Waals surface area (Å²) in [4.78, 5) is 18.1. The van der Waals surface area contributed by atoms with Crippen LogP contribution in [0.25, 0.3) is 0 Å². The highest BCUT2D eigenvalue weighted by Gasteiger charge is 2.24. The van der Waals surface area contributed by atoms with Crippen molar-refractivity contribution < 1.29 is 4.79 Å². The van der Waals surface area contributed by atoms with E-state index in [2.05, 4.69) is 12.0 Å². The van der Waals surface area contributed by atoms with Crippen molar-refractivity contribution in [1.29, 1.82) is 0 Å². The number of rotatable bonds is 4.